The number of nitrogens with zero attached hydrogens (tertiary/aromatic N) is 1. The molecule has 0 amide bonds. The number of halogens is 1. The van der Waals surface area contributed by atoms with E-state index in [0.717, 1.165) is 6.54 Å². The SMILES string of the molecule is CC(C)CNC/C=C1\OC2([I-])CC(C)(O)N2C1CC(=O)O. The van der Waals surface area contributed by atoms with Crippen LogP contribution < -0.4 is 27.9 Å². The number of carboxylic acid groups (broad SMARTS) is 1. The van der Waals surface area contributed by atoms with Crippen molar-refractivity contribution in [1.82, 2.24) is 10.2 Å². The highest BCUT2D eigenvalue weighted by molar-refractivity contribution is 5.68. The fraction of sp³-hybridized carbons (Fsp3) is 0.786. The number of nitrogens with one attached hydrogen (secondary N) is 1. The van der Waals surface area contributed by atoms with E-state index in [2.05, 4.69) is 41.8 Å². The number of hydrogen-bond donors (Lipinski definition) is 3. The Morgan fingerprint density at radius 2 is 2.33 bits per heavy atom. The van der Waals surface area contributed by atoms with Gasteiger partial charge in [0.05, 0.1) is 16.2 Å². The fourth-order valence-corrected chi connectivity index (χ4v) is 4.79. The smallest absolute Gasteiger partial charge is 0.305 e. The average Bonchev–Trinajstić information content (AvgIpc) is 2.51. The van der Waals surface area contributed by atoms with Crippen LogP contribution in [0.4, 0.5) is 0 Å². The van der Waals surface area contributed by atoms with Crippen LogP contribution >= 0.6 is 0 Å². The maximum Gasteiger partial charge on any atom is 0.305 e. The quantitative estimate of drug-likeness (QED) is 0.196. The van der Waals surface area contributed by atoms with Crippen molar-refractivity contribution in [2.24, 2.45) is 5.92 Å². The van der Waals surface area contributed by atoms with Gasteiger partial charge in [-0.15, -0.1) is 0 Å². The number of ether oxygens (including phenoxy) is 1. The molecule has 2 rings (SSSR count). The summed E-state index contributed by atoms with van der Waals surface area (Å²) >= 11 is 2.14. The molecule has 121 valence electrons. The van der Waals surface area contributed by atoms with Crippen molar-refractivity contribution in [3.8, 4) is 0 Å². The topological polar surface area (TPSA) is 82.0 Å². The van der Waals surface area contributed by atoms with Crippen molar-refractivity contribution in [3.63, 3.8) is 0 Å². The maximum atomic E-state index is 11.1. The molecular weight excluding hydrogens is 387 g/mol. The Morgan fingerprint density at radius 1 is 1.67 bits per heavy atom. The van der Waals surface area contributed by atoms with Crippen molar-refractivity contribution in [2.75, 3.05) is 13.1 Å². The van der Waals surface area contributed by atoms with Gasteiger partial charge in [-0.05, 0) is 25.5 Å². The molecule has 0 aromatic carbocycles. The van der Waals surface area contributed by atoms with E-state index in [0.29, 0.717) is 24.6 Å². The van der Waals surface area contributed by atoms with Crippen LogP contribution in [0.2, 0.25) is 0 Å². The lowest BCUT2D eigenvalue weighted by Crippen LogP contribution is -3.46. The molecule has 6 nitrogen and oxygen atoms in total. The number of aliphatic carboxylic acids is 1. The van der Waals surface area contributed by atoms with Gasteiger partial charge >= 0.3 is 5.97 Å². The van der Waals surface area contributed by atoms with Crippen molar-refractivity contribution in [3.05, 3.63) is 11.8 Å². The van der Waals surface area contributed by atoms with Crippen LogP contribution in [0.3, 0.4) is 0 Å². The number of carboxylic acids is 1. The summed E-state index contributed by atoms with van der Waals surface area (Å²) in [7, 11) is 0. The molecular formula is C14H23IN2O4-. The zero-order valence-corrected chi connectivity index (χ0v) is 14.8. The van der Waals surface area contributed by atoms with E-state index in [1.807, 2.05) is 6.08 Å². The van der Waals surface area contributed by atoms with Gasteiger partial charge < -0.3 is 42.9 Å². The molecule has 3 N–H and O–H groups in total. The number of carbonyl (C=O) groups is 1. The summed E-state index contributed by atoms with van der Waals surface area (Å²) in [6.07, 6.45) is 2.29. The van der Waals surface area contributed by atoms with Gasteiger partial charge in [-0.25, -0.2) is 4.90 Å². The molecule has 2 aliphatic heterocycles. The molecule has 3 atom stereocenters. The van der Waals surface area contributed by atoms with Gasteiger partial charge in [0.2, 0.25) is 0 Å². The predicted octanol–water partition coefficient (Wildman–Crippen LogP) is -2.39. The van der Waals surface area contributed by atoms with E-state index in [-0.39, 0.29) is 6.42 Å². The highest BCUT2D eigenvalue weighted by Gasteiger charge is 2.60. The normalized spacial score (nSPS) is 37.4. The van der Waals surface area contributed by atoms with Gasteiger partial charge in [-0.3, -0.25) is 4.79 Å². The summed E-state index contributed by atoms with van der Waals surface area (Å²) < 4.78 is 5.29. The summed E-state index contributed by atoms with van der Waals surface area (Å²) in [6.45, 7) is 7.48. The molecule has 0 bridgehead atoms. The molecule has 1 radical (unpaired) electrons. The lowest BCUT2D eigenvalue weighted by molar-refractivity contribution is -0.635. The molecule has 3 unspecified atom stereocenters. The van der Waals surface area contributed by atoms with Gasteiger partial charge in [-0.1, -0.05) is 13.8 Å². The molecule has 7 heteroatoms. The Morgan fingerprint density at radius 3 is 2.86 bits per heavy atom. The van der Waals surface area contributed by atoms with E-state index in [1.165, 1.54) is 0 Å². The van der Waals surface area contributed by atoms with Crippen LogP contribution in [-0.4, -0.2) is 49.7 Å². The molecule has 2 saturated heterocycles. The van der Waals surface area contributed by atoms with Crippen LogP contribution in [-0.2, 0) is 9.53 Å². The molecule has 2 aliphatic rings. The van der Waals surface area contributed by atoms with E-state index in [9.17, 15) is 9.90 Å². The minimum Gasteiger partial charge on any atom is -0.727 e. The maximum absolute atomic E-state index is 11.1. The van der Waals surface area contributed by atoms with Gasteiger partial charge in [0.15, 0.2) is 0 Å². The third kappa shape index (κ3) is 3.52. The van der Waals surface area contributed by atoms with Crippen LogP contribution in [0.5, 0.6) is 0 Å². The predicted molar refractivity (Wildman–Crippen MR) is 72.7 cm³/mol. The van der Waals surface area contributed by atoms with Crippen LogP contribution in [0.1, 0.15) is 33.6 Å². The van der Waals surface area contributed by atoms with Gasteiger partial charge in [0.25, 0.3) is 0 Å². The second-order valence-corrected chi connectivity index (χ2v) is 8.01. The van der Waals surface area contributed by atoms with E-state index in [4.69, 9.17) is 9.84 Å². The highest BCUT2D eigenvalue weighted by Crippen LogP contribution is 2.48. The molecule has 21 heavy (non-hydrogen) atoms. The zero-order valence-electron chi connectivity index (χ0n) is 12.6. The largest absolute Gasteiger partial charge is 0.727 e. The molecule has 2 heterocycles. The van der Waals surface area contributed by atoms with E-state index >= 15 is 0 Å². The first-order valence-corrected chi connectivity index (χ1v) is 8.26. The zero-order chi connectivity index (χ0) is 15.8. The van der Waals surface area contributed by atoms with Gasteiger partial charge in [0.1, 0.15) is 11.5 Å². The highest BCUT2D eigenvalue weighted by atomic mass is 127. The number of fused-ring (bicyclic) bond motifs is 1. The third-order valence-electron chi connectivity index (χ3n) is 3.71. The Bertz CT molecular complexity index is 452. The monoisotopic (exact) mass is 410 g/mol. The second-order valence-electron chi connectivity index (χ2n) is 6.33. The van der Waals surface area contributed by atoms with Crippen molar-refractivity contribution in [2.45, 2.75) is 49.1 Å². The lowest BCUT2D eigenvalue weighted by Gasteiger charge is -2.62. The number of rotatable bonds is 6. The Balaban J connectivity index is 2.09. The third-order valence-corrected chi connectivity index (χ3v) is 4.84. The molecule has 0 aliphatic carbocycles. The number of hydrogen-bond acceptors (Lipinski definition) is 5. The lowest BCUT2D eigenvalue weighted by atomic mass is 9.95. The van der Waals surface area contributed by atoms with E-state index in [1.54, 1.807) is 11.8 Å². The molecule has 0 aromatic rings. The summed E-state index contributed by atoms with van der Waals surface area (Å²) in [4.78, 5) is 12.9. The Labute approximate surface area is 138 Å². The van der Waals surface area contributed by atoms with Crippen molar-refractivity contribution in [1.29, 1.82) is 0 Å². The Kier molecular flexibility index (Phi) is 4.87. The number of aliphatic hydroxyl groups is 1. The average molecular weight is 410 g/mol. The van der Waals surface area contributed by atoms with Gasteiger partial charge in [0, 0.05) is 13.0 Å². The Hall–Kier alpha value is -0.380. The van der Waals surface area contributed by atoms with Gasteiger partial charge in [-0.2, -0.15) is 0 Å². The van der Waals surface area contributed by atoms with E-state index < -0.39 is 21.5 Å². The summed E-state index contributed by atoms with van der Waals surface area (Å²) in [5, 5.41) is 22.7. The number of alkyl halides is 1. The summed E-state index contributed by atoms with van der Waals surface area (Å²) in [5.74, 6) is 0.299. The van der Waals surface area contributed by atoms with Crippen molar-refractivity contribution < 1.29 is 42.3 Å². The first kappa shape index (κ1) is 17.0. The molecule has 0 aromatic heterocycles. The van der Waals surface area contributed by atoms with Crippen LogP contribution in [0, 0.1) is 5.92 Å². The second kappa shape index (κ2) is 6.02. The minimum atomic E-state index is -1.01. The fourth-order valence-electron chi connectivity index (χ4n) is 2.96. The van der Waals surface area contributed by atoms with Crippen LogP contribution in [0.15, 0.2) is 11.8 Å². The first-order valence-electron chi connectivity index (χ1n) is 7.18. The first-order chi connectivity index (χ1) is 9.66. The molecule has 0 spiro atoms. The summed E-state index contributed by atoms with van der Waals surface area (Å²) in [6, 6.07) is -0.413. The standard InChI is InChI=1S/C14H23IN2O4/c1-9(2)7-16-5-4-11-10(6-12(18)19)17-13(3,20)8-14(17,15)21-11/h4,9-10,16,20H,5-8H2,1-3H3,(H,18,19)/q-1/b11-4-. The van der Waals surface area contributed by atoms with Crippen molar-refractivity contribution >= 4 is 5.97 Å². The molecule has 2 fully saturated rings. The summed E-state index contributed by atoms with van der Waals surface area (Å²) in [5.41, 5.74) is -1.01. The van der Waals surface area contributed by atoms with Crippen LogP contribution in [0.25, 0.3) is 0 Å². The molecule has 0 saturated carbocycles. The minimum absolute atomic E-state index is 0.0725.